The van der Waals surface area contributed by atoms with Gasteiger partial charge in [0.15, 0.2) is 0 Å². The fourth-order valence-electron chi connectivity index (χ4n) is 7.30. The van der Waals surface area contributed by atoms with Crippen molar-refractivity contribution in [3.63, 3.8) is 0 Å². The Kier molecular flexibility index (Phi) is 8.67. The van der Waals surface area contributed by atoms with E-state index in [9.17, 15) is 6.48 Å². The van der Waals surface area contributed by atoms with Crippen molar-refractivity contribution in [2.75, 3.05) is 0 Å². The van der Waals surface area contributed by atoms with Gasteiger partial charge >= 0.3 is 0 Å². The second-order valence-corrected chi connectivity index (χ2v) is 16.4. The summed E-state index contributed by atoms with van der Waals surface area (Å²) in [6.07, 6.45) is 0.421. The second-order valence-electron chi connectivity index (χ2n) is 16.4. The van der Waals surface area contributed by atoms with Gasteiger partial charge < -0.3 is 5.11 Å². The Bertz CT molecular complexity index is 3200. The zero-order valence-electron chi connectivity index (χ0n) is 42.0. The molecule has 0 fully saturated rings. The van der Waals surface area contributed by atoms with Gasteiger partial charge in [-0.2, -0.15) is 0 Å². The van der Waals surface area contributed by atoms with Crippen LogP contribution in [0.5, 0.6) is 5.75 Å². The fourth-order valence-corrected chi connectivity index (χ4v) is 7.30. The minimum atomic E-state index is -0.606. The minimum absolute atomic E-state index is 0. The number of nitrogens with zero attached hydrogens (tertiary/aromatic N) is 3. The summed E-state index contributed by atoms with van der Waals surface area (Å²) < 4.78 is 71.3. The predicted octanol–water partition coefficient (Wildman–Crippen LogP) is 13.9. The molecular weight excluding hydrogens is 890 g/mol. The van der Waals surface area contributed by atoms with Gasteiger partial charge in [0.1, 0.15) is 11.6 Å². The molecule has 0 spiro atoms. The summed E-state index contributed by atoms with van der Waals surface area (Å²) >= 11 is 0. The molecule has 0 radical (unpaired) electrons. The van der Waals surface area contributed by atoms with E-state index in [4.69, 9.17) is 14.6 Å². The van der Waals surface area contributed by atoms with E-state index in [2.05, 4.69) is 87.5 Å². The number of aromatic nitrogens is 3. The van der Waals surface area contributed by atoms with E-state index in [1.807, 2.05) is 74.5 Å². The van der Waals surface area contributed by atoms with E-state index in [-0.39, 0.29) is 55.1 Å². The summed E-state index contributed by atoms with van der Waals surface area (Å²) in [6.45, 7) is 16.7. The summed E-state index contributed by atoms with van der Waals surface area (Å²) in [6, 6.07) is 30.1. The zero-order valence-corrected chi connectivity index (χ0v) is 36.2. The van der Waals surface area contributed by atoms with Crippen LogP contribution in [0.4, 0.5) is 0 Å². The van der Waals surface area contributed by atoms with Crippen LogP contribution in [0.1, 0.15) is 81.2 Å². The molecule has 0 aliphatic carbocycles. The maximum Gasteiger partial charge on any atom is 0.148 e. The molecule has 0 saturated carbocycles. The van der Waals surface area contributed by atoms with Gasteiger partial charge in [-0.3, -0.25) is 9.55 Å². The van der Waals surface area contributed by atoms with E-state index >= 15 is 0 Å². The number of fused-ring (bicyclic) bond motifs is 1. The first kappa shape index (κ1) is 31.4. The molecule has 4 nitrogen and oxygen atoms in total. The summed E-state index contributed by atoms with van der Waals surface area (Å²) in [5, 5.41) is 11.8. The molecule has 8 aromatic rings. The van der Waals surface area contributed by atoms with Crippen LogP contribution >= 0.6 is 0 Å². The van der Waals surface area contributed by atoms with Crippen molar-refractivity contribution < 1.29 is 37.1 Å². The molecule has 0 atom stereocenters. The number of phenols is 1. The maximum atomic E-state index is 11.8. The van der Waals surface area contributed by atoms with Crippen LogP contribution in [0.2, 0.25) is 0 Å². The molecule has 2 heterocycles. The van der Waals surface area contributed by atoms with Crippen LogP contribution < -0.4 is 0 Å². The van der Waals surface area contributed by atoms with Crippen LogP contribution in [-0.4, -0.2) is 19.6 Å². The van der Waals surface area contributed by atoms with Crippen molar-refractivity contribution in [1.29, 1.82) is 0 Å². The van der Waals surface area contributed by atoms with Crippen LogP contribution in [0.3, 0.4) is 0 Å². The molecule has 58 heavy (non-hydrogen) atoms. The van der Waals surface area contributed by atoms with Gasteiger partial charge in [-0.05, 0) is 94.8 Å². The minimum Gasteiger partial charge on any atom is -0.507 e. The Balaban J connectivity index is 0.00000648. The third kappa shape index (κ3) is 7.71. The molecule has 1 N–H and O–H groups in total. The molecule has 5 heteroatoms. The van der Waals surface area contributed by atoms with Crippen molar-refractivity contribution in [2.24, 2.45) is 0 Å². The van der Waals surface area contributed by atoms with Crippen molar-refractivity contribution in [3.8, 4) is 67.5 Å². The molecule has 8 rings (SSSR count). The Morgan fingerprint density at radius 1 is 0.724 bits per heavy atom. The zero-order chi connectivity index (χ0) is 47.0. The van der Waals surface area contributed by atoms with Crippen LogP contribution in [-0.2, 0) is 31.9 Å². The van der Waals surface area contributed by atoms with E-state index in [1.165, 1.54) is 5.56 Å². The van der Waals surface area contributed by atoms with E-state index in [1.54, 1.807) is 0 Å². The quantitative estimate of drug-likeness (QED) is 0.154. The van der Waals surface area contributed by atoms with Gasteiger partial charge in [0.05, 0.1) is 33.3 Å². The normalized spacial score (nSPS) is 13.7. The van der Waals surface area contributed by atoms with Crippen LogP contribution in [0.15, 0.2) is 139 Å². The first-order chi connectivity index (χ1) is 30.6. The largest absolute Gasteiger partial charge is 0.507 e. The smallest absolute Gasteiger partial charge is 0.148 e. The van der Waals surface area contributed by atoms with Crippen molar-refractivity contribution in [3.05, 3.63) is 168 Å². The second kappa shape index (κ2) is 16.0. The molecule has 6 aromatic carbocycles. The molecule has 0 aliphatic rings. The van der Waals surface area contributed by atoms with Crippen LogP contribution in [0.25, 0.3) is 72.7 Å². The average Bonchev–Trinajstić information content (AvgIpc) is 3.67. The van der Waals surface area contributed by atoms with Crippen LogP contribution in [0, 0.1) is 19.9 Å². The number of benzene rings is 6. The number of hydrogen-bond donors (Lipinski definition) is 1. The Morgan fingerprint density at radius 3 is 2.19 bits per heavy atom. The molecule has 0 unspecified atom stereocenters. The molecule has 0 bridgehead atoms. The summed E-state index contributed by atoms with van der Waals surface area (Å²) in [5.41, 5.74) is 8.98. The topological polar surface area (TPSA) is 50.9 Å². The Morgan fingerprint density at radius 2 is 1.47 bits per heavy atom. The number of imidazole rings is 1. The molecular formula is C53H50N3OPt-. The van der Waals surface area contributed by atoms with Crippen molar-refractivity contribution in [2.45, 2.75) is 72.6 Å². The molecule has 0 aliphatic heterocycles. The number of aromatic hydroxyl groups is 1. The number of para-hydroxylation sites is 1. The molecule has 2 aromatic heterocycles. The summed E-state index contributed by atoms with van der Waals surface area (Å²) in [4.78, 5) is 9.84. The van der Waals surface area contributed by atoms with E-state index in [0.29, 0.717) is 39.2 Å². The predicted molar refractivity (Wildman–Crippen MR) is 238 cm³/mol. The maximum absolute atomic E-state index is 11.8. The molecule has 0 saturated heterocycles. The van der Waals surface area contributed by atoms with Crippen molar-refractivity contribution >= 4 is 11.0 Å². The van der Waals surface area contributed by atoms with Gasteiger partial charge in [-0.15, -0.1) is 29.3 Å². The van der Waals surface area contributed by atoms with Gasteiger partial charge in [0.25, 0.3) is 0 Å². The van der Waals surface area contributed by atoms with Gasteiger partial charge in [0, 0.05) is 38.5 Å². The number of aryl methyl sites for hydroxylation is 2. The summed E-state index contributed by atoms with van der Waals surface area (Å²) in [7, 11) is 0. The first-order valence-corrected chi connectivity index (χ1v) is 19.3. The SMILES string of the molecule is [2H]c1nc(-c2[c-]c(-c3cccc4c3nc(-c3cc(C)cc(C)c3O)n4-c3ccc(C(C)(C)CC)cc3-c3ccccc3)cc(C(C)(C)C)c2)c([2H])c(-c2c([2H])c([2H])c([2H])c([2H])c2[2H])c1[2H].[Pt]. The number of rotatable bonds is 8. The first-order valence-electron chi connectivity index (χ1n) is 23.3. The third-order valence-corrected chi connectivity index (χ3v) is 11.0. The number of hydrogen-bond acceptors (Lipinski definition) is 3. The molecule has 0 amide bonds. The Labute approximate surface area is 369 Å². The third-order valence-electron chi connectivity index (χ3n) is 11.0. The number of pyridine rings is 1. The van der Waals surface area contributed by atoms with Gasteiger partial charge in [-0.1, -0.05) is 144 Å². The number of phenolic OH excluding ortho intramolecular Hbond substituents is 1. The monoisotopic (exact) mass is 947 g/mol. The standard InChI is InChI=1S/C53H50N3O.Pt/c1-9-53(7,8)41-23-24-47(44(33-41)37-19-14-11-15-20-37)56-48-22-16-21-43(49(48)55-51(56)45-28-34(2)27-35(3)50(45)57)39-29-40(31-42(30-39)52(4,5)6)46-32-38(25-26-54-46)36-17-12-10-13-18-36;/h10-28,30-33,57H,9H2,1-8H3;/q-1;/i10D,12D,13D,17D,18D,25D,26D,32D;. The van der Waals surface area contributed by atoms with Gasteiger partial charge in [0.2, 0.25) is 0 Å². The van der Waals surface area contributed by atoms with E-state index in [0.717, 1.165) is 39.9 Å². The van der Waals surface area contributed by atoms with Crippen molar-refractivity contribution in [1.82, 2.24) is 14.5 Å². The average molecular weight is 948 g/mol. The fraction of sp³-hybridized carbons (Fsp3) is 0.208. The van der Waals surface area contributed by atoms with Gasteiger partial charge in [-0.25, -0.2) is 4.98 Å². The Hall–Kier alpha value is -5.57. The molecule has 294 valence electrons. The van der Waals surface area contributed by atoms with E-state index < -0.39 is 47.8 Å². The summed E-state index contributed by atoms with van der Waals surface area (Å²) in [5.74, 6) is 0.655.